The largest absolute Gasteiger partial charge is 0.468 e. The topological polar surface area (TPSA) is 36.9 Å². The first-order chi connectivity index (χ1) is 11.2. The molecule has 0 atom stereocenters. The molecule has 0 saturated carbocycles. The van der Waals surface area contributed by atoms with Gasteiger partial charge in [0.1, 0.15) is 11.6 Å². The maximum absolute atomic E-state index is 5.41. The molecule has 0 amide bonds. The van der Waals surface area contributed by atoms with Crippen molar-refractivity contribution < 1.29 is 4.74 Å². The lowest BCUT2D eigenvalue weighted by molar-refractivity contribution is 0.336. The molecule has 0 spiro atoms. The van der Waals surface area contributed by atoms with E-state index in [1.807, 2.05) is 59.6 Å². The summed E-state index contributed by atoms with van der Waals surface area (Å²) in [6.07, 6.45) is 10.4. The van der Waals surface area contributed by atoms with Gasteiger partial charge in [0.25, 0.3) is 0 Å². The van der Waals surface area contributed by atoms with E-state index in [-0.39, 0.29) is 0 Å². The first-order valence-electron chi connectivity index (χ1n) is 7.47. The molecule has 0 saturated heterocycles. The van der Waals surface area contributed by atoms with Gasteiger partial charge in [-0.2, -0.15) is 0 Å². The van der Waals surface area contributed by atoms with Crippen LogP contribution < -0.4 is 5.43 Å². The quantitative estimate of drug-likeness (QED) is 0.920. The number of rotatable bonds is 4. The Morgan fingerprint density at radius 1 is 1.26 bits per heavy atom. The van der Waals surface area contributed by atoms with Crippen molar-refractivity contribution in [1.29, 1.82) is 0 Å². The number of nitrogens with one attached hydrogen (secondary N) is 1. The van der Waals surface area contributed by atoms with Gasteiger partial charge >= 0.3 is 0 Å². The Labute approximate surface area is 136 Å². The highest BCUT2D eigenvalue weighted by atomic mass is 16.5. The number of hydrogen-bond acceptors (Lipinski definition) is 3. The maximum Gasteiger partial charge on any atom is 0.140 e. The van der Waals surface area contributed by atoms with Crippen molar-refractivity contribution >= 4 is 11.5 Å². The molecule has 0 aromatic heterocycles. The van der Waals surface area contributed by atoms with Crippen LogP contribution in [0.2, 0.25) is 0 Å². The zero-order chi connectivity index (χ0) is 16.1. The summed E-state index contributed by atoms with van der Waals surface area (Å²) in [5.41, 5.74) is 5.90. The number of hydrazine groups is 1. The van der Waals surface area contributed by atoms with Crippen molar-refractivity contribution in [3.63, 3.8) is 0 Å². The minimum Gasteiger partial charge on any atom is -0.468 e. The second kappa shape index (κ2) is 6.83. The van der Waals surface area contributed by atoms with Crippen LogP contribution in [0, 0.1) is 0 Å². The predicted octanol–water partition coefficient (Wildman–Crippen LogP) is 3.76. The Bertz CT molecular complexity index is 726. The van der Waals surface area contributed by atoms with Crippen LogP contribution in [0.4, 0.5) is 0 Å². The van der Waals surface area contributed by atoms with Crippen molar-refractivity contribution in [3.05, 3.63) is 91.1 Å². The molecule has 0 fully saturated rings. The summed E-state index contributed by atoms with van der Waals surface area (Å²) < 4.78 is 5.41. The molecule has 1 aromatic carbocycles. The molecule has 4 nitrogen and oxygen atoms in total. The number of amidine groups is 1. The van der Waals surface area contributed by atoms with Crippen molar-refractivity contribution in [3.8, 4) is 0 Å². The molecule has 2 aliphatic rings. The monoisotopic (exact) mass is 305 g/mol. The lowest BCUT2D eigenvalue weighted by atomic mass is 10.1. The Morgan fingerprint density at radius 2 is 2.09 bits per heavy atom. The molecule has 3 rings (SSSR count). The molecule has 0 bridgehead atoms. The molecule has 4 heteroatoms. The summed E-state index contributed by atoms with van der Waals surface area (Å²) in [6.45, 7) is 8.69. The SMILES string of the molecule is C=C1C=CC(=NCC2=CCC=CO2)NN1C(=C)c1ccccc1. The maximum atomic E-state index is 5.41. The van der Waals surface area contributed by atoms with E-state index in [9.17, 15) is 0 Å². The van der Waals surface area contributed by atoms with Gasteiger partial charge in [0.05, 0.1) is 24.2 Å². The van der Waals surface area contributed by atoms with Gasteiger partial charge in [-0.15, -0.1) is 0 Å². The van der Waals surface area contributed by atoms with Crippen LogP contribution in [-0.2, 0) is 4.74 Å². The lowest BCUT2D eigenvalue weighted by Crippen LogP contribution is -2.41. The molecule has 0 aliphatic carbocycles. The predicted molar refractivity (Wildman–Crippen MR) is 94.0 cm³/mol. The number of ether oxygens (including phenoxy) is 1. The Hall–Kier alpha value is -3.01. The van der Waals surface area contributed by atoms with Crippen LogP contribution in [0.15, 0.2) is 90.5 Å². The highest BCUT2D eigenvalue weighted by Crippen LogP contribution is 2.21. The van der Waals surface area contributed by atoms with Gasteiger partial charge in [-0.25, -0.2) is 0 Å². The molecule has 0 unspecified atom stereocenters. The third kappa shape index (κ3) is 3.61. The molecule has 1 N–H and O–H groups in total. The smallest absolute Gasteiger partial charge is 0.140 e. The zero-order valence-corrected chi connectivity index (χ0v) is 12.9. The summed E-state index contributed by atoms with van der Waals surface area (Å²) in [4.78, 5) is 4.54. The van der Waals surface area contributed by atoms with Crippen LogP contribution in [-0.4, -0.2) is 17.4 Å². The first kappa shape index (κ1) is 14.9. The van der Waals surface area contributed by atoms with Gasteiger partial charge in [0, 0.05) is 0 Å². The van der Waals surface area contributed by atoms with Crippen LogP contribution in [0.3, 0.4) is 0 Å². The minimum absolute atomic E-state index is 0.495. The van der Waals surface area contributed by atoms with Crippen LogP contribution in [0.1, 0.15) is 12.0 Å². The first-order valence-corrected chi connectivity index (χ1v) is 7.47. The zero-order valence-electron chi connectivity index (χ0n) is 12.9. The van der Waals surface area contributed by atoms with Crippen LogP contribution in [0.5, 0.6) is 0 Å². The minimum atomic E-state index is 0.495. The average Bonchev–Trinajstić information content (AvgIpc) is 2.62. The number of benzene rings is 1. The van der Waals surface area contributed by atoms with Gasteiger partial charge in [-0.05, 0) is 36.3 Å². The second-order valence-corrected chi connectivity index (χ2v) is 5.18. The van der Waals surface area contributed by atoms with E-state index in [0.29, 0.717) is 6.54 Å². The number of hydrogen-bond donors (Lipinski definition) is 1. The van der Waals surface area contributed by atoms with E-state index in [4.69, 9.17) is 4.74 Å². The molecule has 1 aromatic rings. The summed E-state index contributed by atoms with van der Waals surface area (Å²) in [5, 5.41) is 1.84. The molecule has 0 radical (unpaired) electrons. The number of aliphatic imine (C=N–C) groups is 1. The standard InChI is InChI=1S/C19H19N3O/c1-15-11-12-19(20-14-18-10-6-7-13-23-18)21-22(15)16(2)17-8-4-3-5-9-17/h3-5,7-13H,1-2,6,14H2,(H,20,21). The van der Waals surface area contributed by atoms with Crippen LogP contribution >= 0.6 is 0 Å². The van der Waals surface area contributed by atoms with E-state index < -0.39 is 0 Å². The Balaban J connectivity index is 1.71. The van der Waals surface area contributed by atoms with Crippen molar-refractivity contribution in [2.45, 2.75) is 6.42 Å². The highest BCUT2D eigenvalue weighted by molar-refractivity contribution is 5.95. The summed E-state index contributed by atoms with van der Waals surface area (Å²) in [7, 11) is 0. The van der Waals surface area contributed by atoms with Crippen molar-refractivity contribution in [2.24, 2.45) is 4.99 Å². The fraction of sp³-hybridized carbons (Fsp3) is 0.105. The summed E-state index contributed by atoms with van der Waals surface area (Å²) in [5.74, 6) is 1.60. The molecular weight excluding hydrogens is 286 g/mol. The highest BCUT2D eigenvalue weighted by Gasteiger charge is 2.16. The van der Waals surface area contributed by atoms with Crippen molar-refractivity contribution in [2.75, 3.05) is 6.54 Å². The molecule has 2 heterocycles. The fourth-order valence-corrected chi connectivity index (χ4v) is 2.27. The lowest BCUT2D eigenvalue weighted by Gasteiger charge is -2.31. The van der Waals surface area contributed by atoms with Gasteiger partial charge in [0.15, 0.2) is 0 Å². The molecule has 23 heavy (non-hydrogen) atoms. The third-order valence-corrected chi connectivity index (χ3v) is 3.53. The molecule has 2 aliphatic heterocycles. The van der Waals surface area contributed by atoms with Gasteiger partial charge in [-0.1, -0.05) is 43.5 Å². The van der Waals surface area contributed by atoms with Crippen LogP contribution in [0.25, 0.3) is 5.70 Å². The number of allylic oxidation sites excluding steroid dienone is 3. The van der Waals surface area contributed by atoms with Gasteiger partial charge in [-0.3, -0.25) is 15.4 Å². The van der Waals surface area contributed by atoms with Gasteiger partial charge < -0.3 is 4.74 Å². The van der Waals surface area contributed by atoms with E-state index in [0.717, 1.165) is 35.0 Å². The molecular formula is C19H19N3O. The van der Waals surface area contributed by atoms with E-state index in [1.165, 1.54) is 0 Å². The Kier molecular flexibility index (Phi) is 4.43. The van der Waals surface area contributed by atoms with E-state index in [2.05, 4.69) is 23.6 Å². The van der Waals surface area contributed by atoms with E-state index in [1.54, 1.807) is 6.26 Å². The van der Waals surface area contributed by atoms with Crippen molar-refractivity contribution in [1.82, 2.24) is 10.4 Å². The molecule has 116 valence electrons. The Morgan fingerprint density at radius 3 is 2.83 bits per heavy atom. The third-order valence-electron chi connectivity index (χ3n) is 3.53. The second-order valence-electron chi connectivity index (χ2n) is 5.18. The normalized spacial score (nSPS) is 18.4. The fourth-order valence-electron chi connectivity index (χ4n) is 2.27. The summed E-state index contributed by atoms with van der Waals surface area (Å²) >= 11 is 0. The van der Waals surface area contributed by atoms with Gasteiger partial charge in [0.2, 0.25) is 0 Å². The number of nitrogens with zero attached hydrogens (tertiary/aromatic N) is 2. The van der Waals surface area contributed by atoms with E-state index >= 15 is 0 Å². The summed E-state index contributed by atoms with van der Waals surface area (Å²) in [6, 6.07) is 9.98. The average molecular weight is 305 g/mol.